The first-order valence-corrected chi connectivity index (χ1v) is 15.7. The number of hydrogen-bond donors (Lipinski definition) is 0. The van der Waals surface area contributed by atoms with Crippen molar-refractivity contribution in [1.82, 2.24) is 14.6 Å². The number of benzene rings is 4. The van der Waals surface area contributed by atoms with E-state index in [0.717, 1.165) is 26.5 Å². The first-order chi connectivity index (χ1) is 18.0. The van der Waals surface area contributed by atoms with Gasteiger partial charge in [-0.1, -0.05) is 0 Å². The molecule has 0 aliphatic rings. The van der Waals surface area contributed by atoms with Gasteiger partial charge in [-0.2, -0.15) is 0 Å². The zero-order valence-electron chi connectivity index (χ0n) is 20.4. The van der Waals surface area contributed by atoms with Gasteiger partial charge in [-0.15, -0.1) is 17.0 Å². The third-order valence-corrected chi connectivity index (χ3v) is 14.8. The third kappa shape index (κ3) is 3.87. The van der Waals surface area contributed by atoms with Crippen molar-refractivity contribution in [2.45, 2.75) is 0 Å². The van der Waals surface area contributed by atoms with Crippen molar-refractivity contribution >= 4 is 72.8 Å². The summed E-state index contributed by atoms with van der Waals surface area (Å²) >= 11 is 8.44. The van der Waals surface area contributed by atoms with Crippen LogP contribution in [0.4, 0.5) is 0 Å². The van der Waals surface area contributed by atoms with Crippen LogP contribution in [0.2, 0.25) is 5.02 Å². The van der Waals surface area contributed by atoms with Gasteiger partial charge in [0.1, 0.15) is 0 Å². The fourth-order valence-corrected chi connectivity index (χ4v) is 12.5. The van der Waals surface area contributed by atoms with E-state index in [4.69, 9.17) is 16.7 Å². The van der Waals surface area contributed by atoms with Gasteiger partial charge in [0.25, 0.3) is 0 Å². The molecule has 6 rings (SSSR count). The Kier molecular flexibility index (Phi) is 7.10. The van der Waals surface area contributed by atoms with Crippen LogP contribution in [0.5, 0.6) is 0 Å². The Morgan fingerprint density at radius 1 is 0.711 bits per heavy atom. The number of rotatable bonds is 5. The number of hydrogen-bond acceptors (Lipinski definition) is 4. The molecule has 8 heteroatoms. The normalized spacial score (nSPS) is 12.4. The van der Waals surface area contributed by atoms with Crippen LogP contribution in [-0.2, 0) is 0 Å². The Balaban J connectivity index is 0.00000294. The van der Waals surface area contributed by atoms with Crippen LogP contribution in [0.3, 0.4) is 0 Å². The van der Waals surface area contributed by atoms with Crippen molar-refractivity contribution in [2.75, 3.05) is 6.66 Å². The first-order valence-electron chi connectivity index (χ1n) is 11.9. The molecule has 6 aromatic rings. The summed E-state index contributed by atoms with van der Waals surface area (Å²) in [5, 5.41) is 9.18. The van der Waals surface area contributed by atoms with Crippen molar-refractivity contribution in [1.29, 1.82) is 0 Å². The fraction of sp³-hybridized carbons (Fsp3) is 0.0333. The molecule has 190 valence electrons. The predicted octanol–water partition coefficient (Wildman–Crippen LogP) is 5.83. The molecule has 0 aliphatic carbocycles. The summed E-state index contributed by atoms with van der Waals surface area (Å²) in [4.78, 5) is 18.3. The van der Waals surface area contributed by atoms with Crippen molar-refractivity contribution in [3.05, 3.63) is 137 Å². The maximum atomic E-state index is 13.4. The molecule has 0 N–H and O–H groups in total. The Morgan fingerprint density at radius 3 is 1.58 bits per heavy atom. The standard InChI is InChI=1S/C30H23ClN3OPS.BrH/c1-36(23-16-8-3-9-17-23,24-18-10-4-11-19-24,25-20-12-5-13-21-25)29-26(31)27(35)32-30-34(29)33-28(37-30)22-14-6-2-7-15-22;/h2-21H,1H3;1H. The van der Waals surface area contributed by atoms with E-state index < -0.39 is 12.2 Å². The molecule has 0 spiro atoms. The fourth-order valence-electron chi connectivity index (χ4n) is 5.21. The van der Waals surface area contributed by atoms with Crippen LogP contribution in [0.25, 0.3) is 15.5 Å². The van der Waals surface area contributed by atoms with E-state index in [1.165, 1.54) is 11.3 Å². The van der Waals surface area contributed by atoms with Crippen LogP contribution in [0.1, 0.15) is 0 Å². The van der Waals surface area contributed by atoms with Gasteiger partial charge in [0.15, 0.2) is 0 Å². The van der Waals surface area contributed by atoms with E-state index in [9.17, 15) is 4.79 Å². The van der Waals surface area contributed by atoms with Gasteiger partial charge >= 0.3 is 224 Å². The molecule has 38 heavy (non-hydrogen) atoms. The number of nitrogens with zero attached hydrogens (tertiary/aromatic N) is 3. The monoisotopic (exact) mass is 619 g/mol. The van der Waals surface area contributed by atoms with Crippen molar-refractivity contribution in [3.63, 3.8) is 0 Å². The van der Waals surface area contributed by atoms with Crippen LogP contribution in [0, 0.1) is 0 Å². The van der Waals surface area contributed by atoms with E-state index in [2.05, 4.69) is 48.0 Å². The molecule has 0 amide bonds. The second-order valence-corrected chi connectivity index (χ2v) is 15.5. The average Bonchev–Trinajstić information content (AvgIpc) is 3.38. The molecule has 0 bridgehead atoms. The second-order valence-electron chi connectivity index (χ2n) is 9.09. The molecule has 2 heterocycles. The molecule has 4 aromatic carbocycles. The van der Waals surface area contributed by atoms with E-state index in [1.807, 2.05) is 89.4 Å². The summed E-state index contributed by atoms with van der Waals surface area (Å²) < 4.78 is 1.82. The second kappa shape index (κ2) is 10.2. The Morgan fingerprint density at radius 2 is 1.13 bits per heavy atom. The SMILES string of the molecule is Br.CP(c1ccccc1)(c1ccccc1)(c1ccccc1)c1c(Cl)c(=O)nc2sc(-c3ccccc3)nn12. The average molecular weight is 621 g/mol. The Bertz CT molecular complexity index is 1680. The van der Waals surface area contributed by atoms with Gasteiger partial charge in [-0.25, -0.2) is 0 Å². The quantitative estimate of drug-likeness (QED) is 0.228. The molecular weight excluding hydrogens is 597 g/mol. The van der Waals surface area contributed by atoms with Crippen molar-refractivity contribution < 1.29 is 0 Å². The van der Waals surface area contributed by atoms with Gasteiger partial charge in [0.2, 0.25) is 0 Å². The van der Waals surface area contributed by atoms with Gasteiger partial charge in [0.05, 0.1) is 0 Å². The van der Waals surface area contributed by atoms with E-state index in [-0.39, 0.29) is 22.0 Å². The molecule has 0 unspecified atom stereocenters. The molecule has 2 aromatic heterocycles. The van der Waals surface area contributed by atoms with Gasteiger partial charge < -0.3 is 0 Å². The molecule has 0 fully saturated rings. The molecular formula is C30H24BrClN3OPS. The van der Waals surface area contributed by atoms with E-state index in [1.54, 1.807) is 0 Å². The van der Waals surface area contributed by atoms with Crippen LogP contribution >= 0.6 is 46.5 Å². The minimum absolute atomic E-state index is 0. The first kappa shape index (κ1) is 26.5. The summed E-state index contributed by atoms with van der Waals surface area (Å²) in [7, 11) is 0. The topological polar surface area (TPSA) is 47.3 Å². The van der Waals surface area contributed by atoms with Crippen LogP contribution in [0.15, 0.2) is 126 Å². The van der Waals surface area contributed by atoms with Crippen LogP contribution < -0.4 is 26.9 Å². The molecule has 0 aliphatic heterocycles. The zero-order chi connectivity index (χ0) is 25.5. The molecule has 0 atom stereocenters. The molecule has 0 radical (unpaired) electrons. The number of fused-ring (bicyclic) bond motifs is 1. The predicted molar refractivity (Wildman–Crippen MR) is 169 cm³/mol. The summed E-state index contributed by atoms with van der Waals surface area (Å²) in [6, 6.07) is 41.0. The minimum atomic E-state index is -3.63. The van der Waals surface area contributed by atoms with Gasteiger partial charge in [0, 0.05) is 0 Å². The van der Waals surface area contributed by atoms with E-state index in [0.29, 0.717) is 10.4 Å². The summed E-state index contributed by atoms with van der Waals surface area (Å²) in [5.41, 5.74) is 1.20. The Labute approximate surface area is 240 Å². The van der Waals surface area contributed by atoms with Crippen LogP contribution in [-0.4, -0.2) is 21.3 Å². The number of aromatic nitrogens is 3. The summed E-state index contributed by atoms with van der Waals surface area (Å²) in [6.45, 7) is -1.36. The number of halogens is 2. The van der Waals surface area contributed by atoms with E-state index >= 15 is 0 Å². The Hall–Kier alpha value is -3.15. The van der Waals surface area contributed by atoms with Crippen molar-refractivity contribution in [2.24, 2.45) is 0 Å². The summed E-state index contributed by atoms with van der Waals surface area (Å²) in [6.07, 6.45) is 0. The van der Waals surface area contributed by atoms with Crippen molar-refractivity contribution in [3.8, 4) is 10.6 Å². The van der Waals surface area contributed by atoms with Gasteiger partial charge in [-0.05, 0) is 0 Å². The third-order valence-electron chi connectivity index (χ3n) is 7.10. The maximum absolute atomic E-state index is 13.4. The van der Waals surface area contributed by atoms with Gasteiger partial charge in [-0.3, -0.25) is 0 Å². The molecule has 0 saturated carbocycles. The summed E-state index contributed by atoms with van der Waals surface area (Å²) in [5.74, 6) is 0. The molecule has 0 saturated heterocycles. The molecule has 4 nitrogen and oxygen atoms in total. The zero-order valence-corrected chi connectivity index (χ0v) is 24.6.